The molecule has 0 bridgehead atoms. The van der Waals surface area contributed by atoms with Crippen LogP contribution in [0.25, 0.3) is 0 Å². The van der Waals surface area contributed by atoms with Crippen LogP contribution in [0.4, 0.5) is 0 Å². The van der Waals surface area contributed by atoms with Crippen molar-refractivity contribution in [1.82, 2.24) is 13.8 Å². The summed E-state index contributed by atoms with van der Waals surface area (Å²) >= 11 is 1.41. The van der Waals surface area contributed by atoms with Gasteiger partial charge in [-0.05, 0) is 0 Å². The third kappa shape index (κ3) is 4.84. The third-order valence-corrected chi connectivity index (χ3v) is 4.89. The maximum absolute atomic E-state index is 12.3. The van der Waals surface area contributed by atoms with Crippen molar-refractivity contribution in [3.05, 3.63) is 52.5 Å². The topological polar surface area (TPSA) is 54.0 Å². The molecule has 20 heavy (non-hydrogen) atoms. The summed E-state index contributed by atoms with van der Waals surface area (Å²) in [4.78, 5) is 18.5. The Balaban J connectivity index is 1.91. The summed E-state index contributed by atoms with van der Waals surface area (Å²) in [5.74, 6) is 0.0469. The molecular weight excluding hydrogens is 385 g/mol. The number of nitrogens with zero attached hydrogens (tertiary/aromatic N) is 1. The molecule has 0 saturated carbocycles. The molecule has 2 rings (SSSR count). The van der Waals surface area contributed by atoms with Crippen LogP contribution in [0.1, 0.15) is 10.6 Å². The van der Waals surface area contributed by atoms with E-state index in [2.05, 4.69) is 30.9 Å². The zero-order valence-corrected chi connectivity index (χ0v) is 14.1. The van der Waals surface area contributed by atoms with Crippen LogP contribution in [0.5, 0.6) is 0 Å². The SMILES string of the molecule is C[I-]NC(Cc1ccccc1)C(=O)NCc1nccs1. The normalized spacial score (nSPS) is 12.2. The number of nitrogens with one attached hydrogen (secondary N) is 2. The van der Waals surface area contributed by atoms with Gasteiger partial charge >= 0.3 is 134 Å². The van der Waals surface area contributed by atoms with Gasteiger partial charge in [0.25, 0.3) is 0 Å². The fourth-order valence-electron chi connectivity index (χ4n) is 1.79. The average molecular weight is 402 g/mol. The van der Waals surface area contributed by atoms with Gasteiger partial charge in [0, 0.05) is 0 Å². The fraction of sp³-hybridized carbons (Fsp3) is 0.286. The first kappa shape index (κ1) is 15.4. The molecule has 1 unspecified atom stereocenters. The molecule has 2 N–H and O–H groups in total. The zero-order valence-electron chi connectivity index (χ0n) is 11.2. The second kappa shape index (κ2) is 8.33. The predicted octanol–water partition coefficient (Wildman–Crippen LogP) is -1.41. The van der Waals surface area contributed by atoms with Gasteiger partial charge in [0.1, 0.15) is 0 Å². The van der Waals surface area contributed by atoms with Crippen LogP contribution in [0.2, 0.25) is 0 Å². The summed E-state index contributed by atoms with van der Waals surface area (Å²) < 4.78 is 3.34. The van der Waals surface area contributed by atoms with Crippen LogP contribution >= 0.6 is 11.3 Å². The molecule has 0 aliphatic heterocycles. The summed E-state index contributed by atoms with van der Waals surface area (Å²) in [6.07, 6.45) is 2.47. The number of benzene rings is 1. The number of aromatic nitrogens is 1. The molecule has 1 aromatic heterocycles. The minimum absolute atomic E-state index is 0.0469. The van der Waals surface area contributed by atoms with Gasteiger partial charge in [-0.25, -0.2) is 0 Å². The molecule has 1 aromatic carbocycles. The van der Waals surface area contributed by atoms with Crippen molar-refractivity contribution >= 4 is 17.2 Å². The van der Waals surface area contributed by atoms with Crippen LogP contribution in [0, 0.1) is 0 Å². The van der Waals surface area contributed by atoms with Gasteiger partial charge in [-0.2, -0.15) is 0 Å². The Morgan fingerprint density at radius 2 is 2.20 bits per heavy atom. The number of hydrogen-bond donors (Lipinski definition) is 2. The van der Waals surface area contributed by atoms with E-state index < -0.39 is 0 Å². The molecule has 1 heterocycles. The number of carbonyl (C=O) groups excluding carboxylic acids is 1. The summed E-state index contributed by atoms with van der Waals surface area (Å²) in [7, 11) is 0. The first-order valence-electron chi connectivity index (χ1n) is 6.23. The molecule has 0 saturated heterocycles. The van der Waals surface area contributed by atoms with E-state index in [9.17, 15) is 4.79 Å². The van der Waals surface area contributed by atoms with Crippen molar-refractivity contribution in [3.8, 4) is 0 Å². The average Bonchev–Trinajstić information content (AvgIpc) is 2.99. The fourth-order valence-corrected chi connectivity index (χ4v) is 3.60. The van der Waals surface area contributed by atoms with Crippen LogP contribution in [-0.2, 0) is 17.8 Å². The van der Waals surface area contributed by atoms with E-state index in [1.165, 1.54) is 5.56 Å². The second-order valence-electron chi connectivity index (χ2n) is 4.18. The molecule has 2 aromatic rings. The molecular formula is C14H17IN3OS-. The van der Waals surface area contributed by atoms with E-state index in [0.717, 1.165) is 11.4 Å². The Hall–Kier alpha value is -0.990. The van der Waals surface area contributed by atoms with Gasteiger partial charge in [0.15, 0.2) is 0 Å². The quantitative estimate of drug-likeness (QED) is 0.340. The van der Waals surface area contributed by atoms with Gasteiger partial charge in [-0.15, -0.1) is 0 Å². The number of carbonyl (C=O) groups is 1. The number of alkyl halides is 1. The van der Waals surface area contributed by atoms with E-state index in [-0.39, 0.29) is 33.4 Å². The van der Waals surface area contributed by atoms with Crippen LogP contribution in [-0.4, -0.2) is 21.9 Å². The summed E-state index contributed by atoms with van der Waals surface area (Å²) in [5.41, 5.74) is 1.17. The van der Waals surface area contributed by atoms with Gasteiger partial charge in [-0.3, -0.25) is 0 Å². The minimum atomic E-state index is -0.157. The number of rotatable bonds is 7. The van der Waals surface area contributed by atoms with Gasteiger partial charge in [0.05, 0.1) is 0 Å². The number of amides is 1. The Morgan fingerprint density at radius 1 is 1.40 bits per heavy atom. The molecule has 108 valence electrons. The standard InChI is InChI=1S/C14H17IN3OS/c1-15-18-12(9-11-5-3-2-4-6-11)14(19)17-10-13-16-7-8-20-13/h2-8,12,18H,9-10H2,1H3,(H,17,19)/q-1. The summed E-state index contributed by atoms with van der Waals surface area (Å²) in [6.45, 7) is 0.505. The number of hydrogen-bond acceptors (Lipinski definition) is 4. The first-order chi connectivity index (χ1) is 9.79. The van der Waals surface area contributed by atoms with Crippen molar-refractivity contribution in [2.24, 2.45) is 0 Å². The van der Waals surface area contributed by atoms with E-state index in [1.807, 2.05) is 23.6 Å². The van der Waals surface area contributed by atoms with Gasteiger partial charge < -0.3 is 0 Å². The van der Waals surface area contributed by atoms with Crippen molar-refractivity contribution in [2.75, 3.05) is 4.93 Å². The van der Waals surface area contributed by atoms with E-state index in [4.69, 9.17) is 0 Å². The van der Waals surface area contributed by atoms with Crippen LogP contribution < -0.4 is 30.3 Å². The second-order valence-corrected chi connectivity index (χ2v) is 6.86. The predicted molar refractivity (Wildman–Crippen MR) is 77.0 cm³/mol. The van der Waals surface area contributed by atoms with E-state index in [1.54, 1.807) is 17.5 Å². The zero-order chi connectivity index (χ0) is 14.2. The Labute approximate surface area is 133 Å². The molecule has 6 heteroatoms. The van der Waals surface area contributed by atoms with Crippen LogP contribution in [0.15, 0.2) is 41.9 Å². The van der Waals surface area contributed by atoms with Crippen LogP contribution in [0.3, 0.4) is 0 Å². The number of thiazole rings is 1. The Morgan fingerprint density at radius 3 is 2.85 bits per heavy atom. The Kier molecular flexibility index (Phi) is 6.41. The maximum atomic E-state index is 12.3. The third-order valence-electron chi connectivity index (χ3n) is 2.74. The molecule has 0 fully saturated rings. The molecule has 4 nitrogen and oxygen atoms in total. The molecule has 1 atom stereocenters. The summed E-state index contributed by atoms with van der Waals surface area (Å²) in [6, 6.07) is 9.94. The monoisotopic (exact) mass is 402 g/mol. The first-order valence-corrected chi connectivity index (χ1v) is 10.3. The molecule has 0 aliphatic carbocycles. The summed E-state index contributed by atoms with van der Waals surface area (Å²) in [5, 5.41) is 5.80. The Bertz CT molecular complexity index is 518. The van der Waals surface area contributed by atoms with E-state index in [0.29, 0.717) is 6.54 Å². The van der Waals surface area contributed by atoms with Gasteiger partial charge in [-0.1, -0.05) is 0 Å². The van der Waals surface area contributed by atoms with Crippen molar-refractivity contribution in [2.45, 2.75) is 19.0 Å². The van der Waals surface area contributed by atoms with Crippen molar-refractivity contribution in [3.63, 3.8) is 0 Å². The molecule has 0 radical (unpaired) electrons. The van der Waals surface area contributed by atoms with Crippen molar-refractivity contribution in [1.29, 1.82) is 0 Å². The molecule has 0 aliphatic rings. The van der Waals surface area contributed by atoms with Crippen molar-refractivity contribution < 1.29 is 26.3 Å². The van der Waals surface area contributed by atoms with E-state index >= 15 is 0 Å². The number of halogens is 1. The van der Waals surface area contributed by atoms with Gasteiger partial charge in [0.2, 0.25) is 0 Å². The molecule has 1 amide bonds. The molecule has 0 spiro atoms.